The van der Waals surface area contributed by atoms with E-state index in [0.29, 0.717) is 25.7 Å². The molecule has 0 bridgehead atoms. The Bertz CT molecular complexity index is 272. The number of rotatable bonds is 8. The van der Waals surface area contributed by atoms with Gasteiger partial charge in [0.1, 0.15) is 0 Å². The van der Waals surface area contributed by atoms with Gasteiger partial charge in [-0.25, -0.2) is 0 Å². The molecule has 0 rings (SSSR count). The van der Waals surface area contributed by atoms with Crippen LogP contribution in [0.5, 0.6) is 0 Å². The summed E-state index contributed by atoms with van der Waals surface area (Å²) in [6.45, 7) is 7.21. The molecule has 0 aliphatic heterocycles. The van der Waals surface area contributed by atoms with E-state index < -0.39 is 23.9 Å². The van der Waals surface area contributed by atoms with Crippen LogP contribution in [0.1, 0.15) is 79.1 Å². The van der Waals surface area contributed by atoms with Crippen molar-refractivity contribution >= 4 is 23.9 Å². The second kappa shape index (κ2) is 35.4. The van der Waals surface area contributed by atoms with Crippen molar-refractivity contribution in [2.75, 3.05) is 0 Å². The Balaban J connectivity index is -0.0000000500. The third-order valence-electron chi connectivity index (χ3n) is 1.82. The minimum atomic E-state index is -0.961. The van der Waals surface area contributed by atoms with Crippen LogP contribution in [0.15, 0.2) is 0 Å². The minimum absolute atomic E-state index is 0. The van der Waals surface area contributed by atoms with E-state index in [4.69, 9.17) is 0 Å². The fraction of sp³-hybridized carbons (Fsp3) is 0.750. The van der Waals surface area contributed by atoms with Crippen molar-refractivity contribution in [3.63, 3.8) is 0 Å². The number of hydrogen-bond acceptors (Lipinski definition) is 8. The molecular weight excluding hydrogens is 416 g/mol. The van der Waals surface area contributed by atoms with Crippen LogP contribution in [-0.2, 0) is 62.6 Å². The molecule has 10 heteroatoms. The molecule has 0 heterocycles. The van der Waals surface area contributed by atoms with Gasteiger partial charge in [-0.1, -0.05) is 53.4 Å². The molecule has 0 spiro atoms. The number of hydrogen-bond donors (Lipinski definition) is 0. The molecule has 0 aromatic carbocycles. The fourth-order valence-corrected chi connectivity index (χ4v) is 0.816. The van der Waals surface area contributed by atoms with Gasteiger partial charge in [0.2, 0.25) is 0 Å². The van der Waals surface area contributed by atoms with Crippen LogP contribution >= 0.6 is 0 Å². The van der Waals surface area contributed by atoms with E-state index in [1.165, 1.54) is 0 Å². The van der Waals surface area contributed by atoms with Gasteiger partial charge in [0.15, 0.2) is 0 Å². The summed E-state index contributed by atoms with van der Waals surface area (Å²) in [6.07, 6.45) is 3.40. The molecule has 0 aliphatic rings. The summed E-state index contributed by atoms with van der Waals surface area (Å²) in [5, 5.41) is 38.0. The van der Waals surface area contributed by atoms with Gasteiger partial charge in [-0.05, 0) is 25.7 Å². The van der Waals surface area contributed by atoms with Crippen LogP contribution in [0.2, 0.25) is 0 Å². The van der Waals surface area contributed by atoms with Gasteiger partial charge in [-0.3, -0.25) is 0 Å². The summed E-state index contributed by atoms with van der Waals surface area (Å²) in [6, 6.07) is 0. The average molecular weight is 444 g/mol. The molecule has 148 valence electrons. The van der Waals surface area contributed by atoms with Crippen LogP contribution < -0.4 is 20.4 Å². The smallest absolute Gasteiger partial charge is 0.550 e. The van der Waals surface area contributed by atoms with Gasteiger partial charge in [-0.15, -0.1) is 0 Å². The first kappa shape index (κ1) is 40.1. The van der Waals surface area contributed by atoms with Crippen molar-refractivity contribution < 1.29 is 83.0 Å². The van der Waals surface area contributed by atoms with Gasteiger partial charge in [0.25, 0.3) is 0 Å². The van der Waals surface area contributed by atoms with E-state index in [1.54, 1.807) is 27.7 Å². The van der Waals surface area contributed by atoms with E-state index in [-0.39, 0.29) is 69.1 Å². The summed E-state index contributed by atoms with van der Waals surface area (Å²) in [4.78, 5) is 38.0. The Kier molecular flexibility index (Phi) is 54.7. The number of carbonyl (C=O) groups excluding carboxylic acids is 4. The average Bonchev–Trinajstić information content (AvgIpc) is 2.39. The summed E-state index contributed by atoms with van der Waals surface area (Å²) in [5.41, 5.74) is 0. The van der Waals surface area contributed by atoms with Crippen LogP contribution in [0.25, 0.3) is 0 Å². The molecule has 0 atom stereocenters. The van der Waals surface area contributed by atoms with E-state index in [1.807, 2.05) is 0 Å². The second-order valence-corrected chi connectivity index (χ2v) is 4.49. The molecule has 0 unspecified atom stereocenters. The zero-order chi connectivity index (χ0) is 20.0. The largest absolute Gasteiger partial charge is 2.00 e. The van der Waals surface area contributed by atoms with Gasteiger partial charge in [0, 0.05) is 23.9 Å². The number of aliphatic carboxylic acids is 4. The maximum Gasteiger partial charge on any atom is 2.00 e. The van der Waals surface area contributed by atoms with E-state index in [9.17, 15) is 39.6 Å². The SMILES string of the molecule is CCCC(=O)[O-].CCCC(=O)[O-].CCCC(=O)[O-].CCCC(=O)[O-].[Ti+2].[Ti+2]. The van der Waals surface area contributed by atoms with Crippen molar-refractivity contribution in [2.24, 2.45) is 0 Å². The second-order valence-electron chi connectivity index (χ2n) is 4.49. The summed E-state index contributed by atoms with van der Waals surface area (Å²) in [7, 11) is 0. The normalized spacial score (nSPS) is 7.54. The molecule has 26 heavy (non-hydrogen) atoms. The fourth-order valence-electron chi connectivity index (χ4n) is 0.816. The molecule has 0 radical (unpaired) electrons. The van der Waals surface area contributed by atoms with E-state index in [2.05, 4.69) is 0 Å². The van der Waals surface area contributed by atoms with Crippen LogP contribution in [0.4, 0.5) is 0 Å². The van der Waals surface area contributed by atoms with Gasteiger partial charge in [-0.2, -0.15) is 0 Å². The third kappa shape index (κ3) is 90.7. The Hall–Kier alpha value is -0.691. The minimum Gasteiger partial charge on any atom is -0.550 e. The van der Waals surface area contributed by atoms with Crippen molar-refractivity contribution in [2.45, 2.75) is 79.1 Å². The van der Waals surface area contributed by atoms with E-state index >= 15 is 0 Å². The molecule has 0 saturated heterocycles. The zero-order valence-corrected chi connectivity index (χ0v) is 19.0. The maximum absolute atomic E-state index is 9.49. The van der Waals surface area contributed by atoms with E-state index in [0.717, 1.165) is 0 Å². The first-order valence-electron chi connectivity index (χ1n) is 7.88. The van der Waals surface area contributed by atoms with Crippen LogP contribution in [0.3, 0.4) is 0 Å². The maximum atomic E-state index is 9.49. The molecule has 0 N–H and O–H groups in total. The standard InChI is InChI=1S/4C4H8O2.2Ti/c4*1-2-3-4(5)6;;/h4*2-3H2,1H3,(H,5,6);;/q;;;;2*+2/p-4. The molecule has 0 amide bonds. The van der Waals surface area contributed by atoms with Crippen LogP contribution in [-0.4, -0.2) is 23.9 Å². The number of carboxylic acids is 4. The van der Waals surface area contributed by atoms with Crippen LogP contribution in [0, 0.1) is 0 Å². The first-order valence-corrected chi connectivity index (χ1v) is 7.88. The summed E-state index contributed by atoms with van der Waals surface area (Å²) in [5.74, 6) is -3.84. The molecule has 0 aromatic heterocycles. The van der Waals surface area contributed by atoms with Crippen molar-refractivity contribution in [1.29, 1.82) is 0 Å². The topological polar surface area (TPSA) is 161 Å². The van der Waals surface area contributed by atoms with Gasteiger partial charge < -0.3 is 39.6 Å². The Labute approximate surface area is 185 Å². The quantitative estimate of drug-likeness (QED) is 0.394. The van der Waals surface area contributed by atoms with Crippen molar-refractivity contribution in [3.8, 4) is 0 Å². The van der Waals surface area contributed by atoms with Gasteiger partial charge in [0.05, 0.1) is 0 Å². The number of carbonyl (C=O) groups is 4. The Morgan fingerprint density at radius 1 is 0.462 bits per heavy atom. The molecule has 8 nitrogen and oxygen atoms in total. The predicted octanol–water partition coefficient (Wildman–Crippen LogP) is -1.86. The molecule has 0 saturated carbocycles. The molecule has 0 aliphatic carbocycles. The molecule has 0 fully saturated rings. The summed E-state index contributed by atoms with van der Waals surface area (Å²) >= 11 is 0. The Morgan fingerprint density at radius 3 is 0.577 bits per heavy atom. The van der Waals surface area contributed by atoms with Gasteiger partial charge >= 0.3 is 43.4 Å². The van der Waals surface area contributed by atoms with Crippen molar-refractivity contribution in [3.05, 3.63) is 0 Å². The monoisotopic (exact) mass is 444 g/mol. The number of carboxylic acid groups (broad SMARTS) is 4. The third-order valence-corrected chi connectivity index (χ3v) is 1.82. The Morgan fingerprint density at radius 2 is 0.577 bits per heavy atom. The summed E-state index contributed by atoms with van der Waals surface area (Å²) < 4.78 is 0. The van der Waals surface area contributed by atoms with Crippen molar-refractivity contribution in [1.82, 2.24) is 0 Å². The molecular formula is C16H28O8Ti2. The molecule has 0 aromatic rings. The first-order chi connectivity index (χ1) is 11.1. The predicted molar refractivity (Wildman–Crippen MR) is 79.7 cm³/mol. The zero-order valence-electron chi connectivity index (χ0n) is 15.9.